The molecule has 1 saturated carbocycles. The third-order valence-electron chi connectivity index (χ3n) is 3.79. The van der Waals surface area contributed by atoms with Crippen molar-refractivity contribution >= 4 is 25.8 Å². The van der Waals surface area contributed by atoms with E-state index in [2.05, 4.69) is 33.2 Å². The molecular formula is C12H20BrN3O2S. The van der Waals surface area contributed by atoms with Crippen LogP contribution >= 0.6 is 15.9 Å². The summed E-state index contributed by atoms with van der Waals surface area (Å²) in [6.45, 7) is 2.08. The van der Waals surface area contributed by atoms with E-state index in [4.69, 9.17) is 0 Å². The molecule has 0 aliphatic heterocycles. The molecule has 1 fully saturated rings. The van der Waals surface area contributed by atoms with Crippen molar-refractivity contribution in [2.45, 2.75) is 55.1 Å². The highest BCUT2D eigenvalue weighted by molar-refractivity contribution is 9.09. The van der Waals surface area contributed by atoms with Crippen LogP contribution in [0.5, 0.6) is 0 Å². The Balaban J connectivity index is 2.11. The standard InChI is InChI=1S/C12H20BrN3O2S/c1-3-11(13)12-8-16(15-14-12)9-5-4-6-10(7-9)19(2,17)18/h8-11H,3-7H2,1-2H3. The first-order valence-corrected chi connectivity index (χ1v) is 9.53. The summed E-state index contributed by atoms with van der Waals surface area (Å²) >= 11 is 3.55. The molecule has 1 aliphatic rings. The summed E-state index contributed by atoms with van der Waals surface area (Å²) in [6, 6.07) is 0.159. The lowest BCUT2D eigenvalue weighted by atomic mass is 9.95. The Morgan fingerprint density at radius 3 is 2.89 bits per heavy atom. The Kier molecular flexibility index (Phi) is 4.66. The van der Waals surface area contributed by atoms with Crippen molar-refractivity contribution in [2.24, 2.45) is 0 Å². The second-order valence-corrected chi connectivity index (χ2v) is 8.70. The van der Waals surface area contributed by atoms with Crippen molar-refractivity contribution in [1.29, 1.82) is 0 Å². The molecule has 7 heteroatoms. The Bertz CT molecular complexity index is 529. The molecule has 1 aliphatic carbocycles. The quantitative estimate of drug-likeness (QED) is 0.783. The van der Waals surface area contributed by atoms with Gasteiger partial charge < -0.3 is 0 Å². The van der Waals surface area contributed by atoms with E-state index in [1.54, 1.807) is 0 Å². The van der Waals surface area contributed by atoms with Crippen LogP contribution in [0.1, 0.15) is 55.6 Å². The van der Waals surface area contributed by atoms with Gasteiger partial charge in [-0.2, -0.15) is 0 Å². The maximum absolute atomic E-state index is 11.7. The molecule has 19 heavy (non-hydrogen) atoms. The van der Waals surface area contributed by atoms with E-state index in [0.717, 1.165) is 31.4 Å². The minimum Gasteiger partial charge on any atom is -0.249 e. The molecule has 1 aromatic heterocycles. The average Bonchev–Trinajstić information content (AvgIpc) is 2.86. The zero-order valence-corrected chi connectivity index (χ0v) is 13.7. The number of hydrogen-bond acceptors (Lipinski definition) is 4. The van der Waals surface area contributed by atoms with E-state index in [9.17, 15) is 8.42 Å². The second kappa shape index (κ2) is 5.91. The summed E-state index contributed by atoms with van der Waals surface area (Å²) in [6.07, 6.45) is 7.57. The monoisotopic (exact) mass is 349 g/mol. The Morgan fingerprint density at radius 2 is 2.26 bits per heavy atom. The van der Waals surface area contributed by atoms with Crippen LogP contribution in [0, 0.1) is 0 Å². The van der Waals surface area contributed by atoms with Gasteiger partial charge >= 0.3 is 0 Å². The van der Waals surface area contributed by atoms with Gasteiger partial charge in [-0.15, -0.1) is 5.10 Å². The highest BCUT2D eigenvalue weighted by atomic mass is 79.9. The first kappa shape index (κ1) is 15.0. The van der Waals surface area contributed by atoms with E-state index in [1.807, 2.05) is 10.9 Å². The maximum Gasteiger partial charge on any atom is 0.150 e. The van der Waals surface area contributed by atoms with Gasteiger partial charge in [-0.1, -0.05) is 34.5 Å². The predicted molar refractivity (Wildman–Crippen MR) is 78.1 cm³/mol. The van der Waals surface area contributed by atoms with Gasteiger partial charge in [-0.05, 0) is 25.7 Å². The van der Waals surface area contributed by atoms with Gasteiger partial charge in [0.2, 0.25) is 0 Å². The van der Waals surface area contributed by atoms with Crippen molar-refractivity contribution in [3.8, 4) is 0 Å². The van der Waals surface area contributed by atoms with Crippen molar-refractivity contribution in [2.75, 3.05) is 6.26 Å². The van der Waals surface area contributed by atoms with Crippen LogP contribution in [0.25, 0.3) is 0 Å². The van der Waals surface area contributed by atoms with Crippen LogP contribution < -0.4 is 0 Å². The highest BCUT2D eigenvalue weighted by Gasteiger charge is 2.30. The summed E-state index contributed by atoms with van der Waals surface area (Å²) in [5.41, 5.74) is 0.920. The van der Waals surface area contributed by atoms with Gasteiger partial charge in [0, 0.05) is 12.5 Å². The van der Waals surface area contributed by atoms with E-state index in [-0.39, 0.29) is 16.1 Å². The molecule has 0 saturated heterocycles. The largest absolute Gasteiger partial charge is 0.249 e. The fourth-order valence-electron chi connectivity index (χ4n) is 2.57. The number of halogens is 1. The molecule has 0 bridgehead atoms. The average molecular weight is 350 g/mol. The smallest absolute Gasteiger partial charge is 0.150 e. The van der Waals surface area contributed by atoms with Gasteiger partial charge in [0.15, 0.2) is 0 Å². The van der Waals surface area contributed by atoms with Crippen LogP contribution in [0.4, 0.5) is 0 Å². The van der Waals surface area contributed by atoms with Crippen molar-refractivity contribution in [3.63, 3.8) is 0 Å². The third-order valence-corrected chi connectivity index (χ3v) is 6.54. The maximum atomic E-state index is 11.7. The number of alkyl halides is 1. The van der Waals surface area contributed by atoms with Gasteiger partial charge in [-0.3, -0.25) is 0 Å². The molecule has 0 spiro atoms. The van der Waals surface area contributed by atoms with Crippen LogP contribution in [0.15, 0.2) is 6.20 Å². The molecule has 2 rings (SSSR count). The molecule has 108 valence electrons. The Hall–Kier alpha value is -0.430. The molecule has 0 amide bonds. The second-order valence-electron chi connectivity index (χ2n) is 5.27. The normalized spacial score (nSPS) is 26.3. The molecule has 5 nitrogen and oxygen atoms in total. The molecule has 1 aromatic rings. The van der Waals surface area contributed by atoms with Gasteiger partial charge in [0.1, 0.15) is 9.84 Å². The van der Waals surface area contributed by atoms with E-state index < -0.39 is 9.84 Å². The molecular weight excluding hydrogens is 330 g/mol. The highest BCUT2D eigenvalue weighted by Crippen LogP contribution is 2.32. The zero-order valence-electron chi connectivity index (χ0n) is 11.3. The Labute approximate surface area is 122 Å². The van der Waals surface area contributed by atoms with Crippen molar-refractivity contribution in [3.05, 3.63) is 11.9 Å². The lowest BCUT2D eigenvalue weighted by Crippen LogP contribution is -2.29. The molecule has 3 unspecified atom stereocenters. The fourth-order valence-corrected chi connectivity index (χ4v) is 3.95. The zero-order chi connectivity index (χ0) is 14.0. The number of sulfone groups is 1. The summed E-state index contributed by atoms with van der Waals surface area (Å²) in [5.74, 6) is 0. The predicted octanol–water partition coefficient (Wildman–Crippen LogP) is 2.65. The number of hydrogen-bond donors (Lipinski definition) is 0. The first-order valence-electron chi connectivity index (χ1n) is 6.66. The van der Waals surface area contributed by atoms with Crippen molar-refractivity contribution < 1.29 is 8.42 Å². The number of nitrogens with zero attached hydrogens (tertiary/aromatic N) is 3. The SMILES string of the molecule is CCC(Br)c1cn(C2CCCC(S(C)(=O)=O)C2)nn1. The molecule has 0 aromatic carbocycles. The van der Waals surface area contributed by atoms with Gasteiger partial charge in [0.25, 0.3) is 0 Å². The number of aromatic nitrogens is 3. The van der Waals surface area contributed by atoms with Crippen LogP contribution in [-0.4, -0.2) is 34.9 Å². The summed E-state index contributed by atoms with van der Waals surface area (Å²) in [4.78, 5) is 0.218. The minimum absolute atomic E-state index is 0.159. The summed E-state index contributed by atoms with van der Waals surface area (Å²) < 4.78 is 25.2. The van der Waals surface area contributed by atoms with Gasteiger partial charge in [-0.25, -0.2) is 13.1 Å². The van der Waals surface area contributed by atoms with E-state index in [1.165, 1.54) is 6.26 Å². The Morgan fingerprint density at radius 1 is 1.53 bits per heavy atom. The third kappa shape index (κ3) is 3.56. The fraction of sp³-hybridized carbons (Fsp3) is 0.833. The summed E-state index contributed by atoms with van der Waals surface area (Å²) in [7, 11) is -2.95. The van der Waals surface area contributed by atoms with Crippen LogP contribution in [0.2, 0.25) is 0 Å². The number of rotatable bonds is 4. The first-order chi connectivity index (χ1) is 8.91. The minimum atomic E-state index is -2.95. The molecule has 3 atom stereocenters. The molecule has 0 radical (unpaired) electrons. The van der Waals surface area contributed by atoms with Crippen LogP contribution in [-0.2, 0) is 9.84 Å². The van der Waals surface area contributed by atoms with Crippen LogP contribution in [0.3, 0.4) is 0 Å². The molecule has 0 N–H and O–H groups in total. The van der Waals surface area contributed by atoms with Crippen molar-refractivity contribution in [1.82, 2.24) is 15.0 Å². The lowest BCUT2D eigenvalue weighted by molar-refractivity contribution is 0.324. The summed E-state index contributed by atoms with van der Waals surface area (Å²) in [5, 5.41) is 8.10. The van der Waals surface area contributed by atoms with E-state index in [0.29, 0.717) is 6.42 Å². The topological polar surface area (TPSA) is 64.8 Å². The molecule has 1 heterocycles. The van der Waals surface area contributed by atoms with Gasteiger partial charge in [0.05, 0.1) is 21.8 Å². The lowest BCUT2D eigenvalue weighted by Gasteiger charge is -2.27. The van der Waals surface area contributed by atoms with E-state index >= 15 is 0 Å².